The van der Waals surface area contributed by atoms with Crippen LogP contribution in [0.15, 0.2) is 24.3 Å². The molecule has 0 spiro atoms. The summed E-state index contributed by atoms with van der Waals surface area (Å²) in [6.07, 6.45) is 2.31. The molecule has 1 unspecified atom stereocenters. The van der Waals surface area contributed by atoms with E-state index in [0.29, 0.717) is 30.1 Å². The van der Waals surface area contributed by atoms with Crippen LogP contribution < -0.4 is 10.6 Å². The third kappa shape index (κ3) is 5.52. The van der Waals surface area contributed by atoms with Crippen LogP contribution in [0.25, 0.3) is 0 Å². The van der Waals surface area contributed by atoms with Gasteiger partial charge in [-0.2, -0.15) is 0 Å². The molecule has 128 valence electrons. The average molecular weight is 340 g/mol. The van der Waals surface area contributed by atoms with E-state index < -0.39 is 0 Å². The molecule has 0 aromatic heterocycles. The summed E-state index contributed by atoms with van der Waals surface area (Å²) < 4.78 is 0. The summed E-state index contributed by atoms with van der Waals surface area (Å²) in [5.41, 5.74) is 1.09. The fourth-order valence-electron chi connectivity index (χ4n) is 2.59. The molecule has 2 amide bonds. The molecule has 0 aliphatic carbocycles. The molecule has 1 aliphatic rings. The molecule has 2 rings (SSSR count). The highest BCUT2D eigenvalue weighted by molar-refractivity contribution is 5.99. The Morgan fingerprint density at radius 2 is 2.09 bits per heavy atom. The van der Waals surface area contributed by atoms with Crippen molar-refractivity contribution in [3.8, 4) is 0 Å². The molecule has 6 heteroatoms. The summed E-state index contributed by atoms with van der Waals surface area (Å²) in [6, 6.07) is 6.92. The monoisotopic (exact) mass is 339 g/mol. The molecule has 1 fully saturated rings. The van der Waals surface area contributed by atoms with Gasteiger partial charge in [0, 0.05) is 31.3 Å². The number of carbonyl (C=O) groups is 2. The molecule has 23 heavy (non-hydrogen) atoms. The number of hydrogen-bond donors (Lipinski definition) is 2. The Balaban J connectivity index is 0.00000264. The zero-order valence-electron chi connectivity index (χ0n) is 13.8. The number of hydrogen-bond acceptors (Lipinski definition) is 3. The van der Waals surface area contributed by atoms with Crippen molar-refractivity contribution in [1.29, 1.82) is 0 Å². The van der Waals surface area contributed by atoms with Crippen LogP contribution in [0.3, 0.4) is 0 Å². The van der Waals surface area contributed by atoms with Gasteiger partial charge in [0.25, 0.3) is 11.8 Å². The van der Waals surface area contributed by atoms with E-state index in [4.69, 9.17) is 0 Å². The number of rotatable bonds is 5. The van der Waals surface area contributed by atoms with Crippen molar-refractivity contribution in [3.63, 3.8) is 0 Å². The van der Waals surface area contributed by atoms with E-state index in [0.717, 1.165) is 25.9 Å². The highest BCUT2D eigenvalue weighted by atomic mass is 35.5. The number of benzene rings is 1. The third-order valence-corrected chi connectivity index (χ3v) is 4.14. The summed E-state index contributed by atoms with van der Waals surface area (Å²) in [4.78, 5) is 26.0. The normalized spacial score (nSPS) is 17.0. The first-order valence-electron chi connectivity index (χ1n) is 7.96. The lowest BCUT2D eigenvalue weighted by Gasteiger charge is -2.22. The predicted octanol–water partition coefficient (Wildman–Crippen LogP) is 1.93. The number of nitrogens with one attached hydrogen (secondary N) is 2. The van der Waals surface area contributed by atoms with Crippen LogP contribution in [-0.4, -0.2) is 49.9 Å². The van der Waals surface area contributed by atoms with Gasteiger partial charge in [-0.1, -0.05) is 6.07 Å². The summed E-state index contributed by atoms with van der Waals surface area (Å²) in [6.45, 7) is 5.27. The van der Waals surface area contributed by atoms with Crippen molar-refractivity contribution >= 4 is 24.2 Å². The molecule has 0 saturated carbocycles. The van der Waals surface area contributed by atoms with Crippen LogP contribution in [0.2, 0.25) is 0 Å². The van der Waals surface area contributed by atoms with Gasteiger partial charge < -0.3 is 15.5 Å². The first-order valence-corrected chi connectivity index (χ1v) is 7.96. The molecule has 1 saturated heterocycles. The van der Waals surface area contributed by atoms with Crippen molar-refractivity contribution in [3.05, 3.63) is 35.4 Å². The smallest absolute Gasteiger partial charge is 0.253 e. The van der Waals surface area contributed by atoms with E-state index in [9.17, 15) is 9.59 Å². The average Bonchev–Trinajstić information content (AvgIpc) is 2.59. The van der Waals surface area contributed by atoms with E-state index in [1.807, 2.05) is 6.92 Å². The van der Waals surface area contributed by atoms with Crippen molar-refractivity contribution in [2.45, 2.75) is 19.8 Å². The Hall–Kier alpha value is -1.59. The largest absolute Gasteiger partial charge is 0.352 e. The molecule has 1 aromatic carbocycles. The van der Waals surface area contributed by atoms with Crippen molar-refractivity contribution < 1.29 is 9.59 Å². The fraction of sp³-hybridized carbons (Fsp3) is 0.529. The Morgan fingerprint density at radius 1 is 1.35 bits per heavy atom. The summed E-state index contributed by atoms with van der Waals surface area (Å²) in [5.74, 6) is 0.321. The topological polar surface area (TPSA) is 61.4 Å². The molecule has 1 aliphatic heterocycles. The van der Waals surface area contributed by atoms with Gasteiger partial charge in [0.1, 0.15) is 0 Å². The zero-order valence-corrected chi connectivity index (χ0v) is 14.6. The Kier molecular flexibility index (Phi) is 8.06. The Morgan fingerprint density at radius 3 is 2.74 bits per heavy atom. The highest BCUT2D eigenvalue weighted by Crippen LogP contribution is 2.10. The molecule has 1 heterocycles. The van der Waals surface area contributed by atoms with Crippen LogP contribution in [-0.2, 0) is 0 Å². The van der Waals surface area contributed by atoms with Gasteiger partial charge in [-0.15, -0.1) is 12.4 Å². The second-order valence-electron chi connectivity index (χ2n) is 5.82. The van der Waals surface area contributed by atoms with Gasteiger partial charge in [0.05, 0.1) is 0 Å². The third-order valence-electron chi connectivity index (χ3n) is 4.14. The lowest BCUT2D eigenvalue weighted by Crippen LogP contribution is -2.38. The van der Waals surface area contributed by atoms with Gasteiger partial charge in [-0.25, -0.2) is 0 Å². The quantitative estimate of drug-likeness (QED) is 0.861. The van der Waals surface area contributed by atoms with Crippen LogP contribution >= 0.6 is 12.4 Å². The molecule has 5 nitrogen and oxygen atoms in total. The second kappa shape index (κ2) is 9.53. The molecule has 0 radical (unpaired) electrons. The summed E-state index contributed by atoms with van der Waals surface area (Å²) in [5, 5.41) is 6.31. The zero-order chi connectivity index (χ0) is 15.9. The maximum atomic E-state index is 12.2. The minimum absolute atomic E-state index is 0. The first kappa shape index (κ1) is 19.5. The number of piperidine rings is 1. The minimum atomic E-state index is -0.112. The van der Waals surface area contributed by atoms with Gasteiger partial charge >= 0.3 is 0 Å². The van der Waals surface area contributed by atoms with E-state index in [1.165, 1.54) is 0 Å². The standard InChI is InChI=1S/C17H25N3O2.ClH/c1-3-20(2)17(22)15-8-4-7-14(10-15)16(21)19-12-13-6-5-9-18-11-13;/h4,7-8,10,13,18H,3,5-6,9,11-12H2,1-2H3,(H,19,21);1H. The molecule has 1 aromatic rings. The van der Waals surface area contributed by atoms with Crippen LogP contribution in [0.1, 0.15) is 40.5 Å². The van der Waals surface area contributed by atoms with Crippen molar-refractivity contribution in [2.24, 2.45) is 5.92 Å². The minimum Gasteiger partial charge on any atom is -0.352 e. The number of nitrogens with zero attached hydrogens (tertiary/aromatic N) is 1. The maximum absolute atomic E-state index is 12.2. The SMILES string of the molecule is CCN(C)C(=O)c1cccc(C(=O)NCC2CCCNC2)c1.Cl. The predicted molar refractivity (Wildman–Crippen MR) is 94.3 cm³/mol. The lowest BCUT2D eigenvalue weighted by molar-refractivity contribution is 0.0802. The van der Waals surface area contributed by atoms with E-state index >= 15 is 0 Å². The maximum Gasteiger partial charge on any atom is 0.253 e. The summed E-state index contributed by atoms with van der Waals surface area (Å²) in [7, 11) is 1.76. The number of amides is 2. The first-order chi connectivity index (χ1) is 10.6. The lowest BCUT2D eigenvalue weighted by atomic mass is 9.99. The summed E-state index contributed by atoms with van der Waals surface area (Å²) >= 11 is 0. The van der Waals surface area contributed by atoms with Gasteiger partial charge in [-0.3, -0.25) is 9.59 Å². The fourth-order valence-corrected chi connectivity index (χ4v) is 2.59. The Bertz CT molecular complexity index is 530. The van der Waals surface area contributed by atoms with Gasteiger partial charge in [0.2, 0.25) is 0 Å². The molecular weight excluding hydrogens is 314 g/mol. The van der Waals surface area contributed by atoms with Crippen LogP contribution in [0, 0.1) is 5.92 Å². The van der Waals surface area contributed by atoms with Crippen LogP contribution in [0.4, 0.5) is 0 Å². The van der Waals surface area contributed by atoms with Gasteiger partial charge in [0.15, 0.2) is 0 Å². The number of halogens is 1. The molecular formula is C17H26ClN3O2. The molecule has 0 bridgehead atoms. The molecule has 2 N–H and O–H groups in total. The van der Waals surface area contributed by atoms with E-state index in [-0.39, 0.29) is 24.2 Å². The van der Waals surface area contributed by atoms with E-state index in [2.05, 4.69) is 10.6 Å². The van der Waals surface area contributed by atoms with Crippen molar-refractivity contribution in [1.82, 2.24) is 15.5 Å². The number of carbonyl (C=O) groups excluding carboxylic acids is 2. The van der Waals surface area contributed by atoms with E-state index in [1.54, 1.807) is 36.2 Å². The van der Waals surface area contributed by atoms with Gasteiger partial charge in [-0.05, 0) is 57.0 Å². The van der Waals surface area contributed by atoms with Crippen molar-refractivity contribution in [2.75, 3.05) is 33.2 Å². The second-order valence-corrected chi connectivity index (χ2v) is 5.82. The molecule has 1 atom stereocenters. The highest BCUT2D eigenvalue weighted by Gasteiger charge is 2.16. The van der Waals surface area contributed by atoms with Crippen LogP contribution in [0.5, 0.6) is 0 Å². The Labute approximate surface area is 144 Å².